The molecule has 1 aliphatic carbocycles. The number of hydrogen-bond donors (Lipinski definition) is 1. The lowest BCUT2D eigenvalue weighted by Crippen LogP contribution is -2.51. The van der Waals surface area contributed by atoms with Crippen LogP contribution in [0.1, 0.15) is 66.2 Å². The lowest BCUT2D eigenvalue weighted by atomic mass is 9.94. The van der Waals surface area contributed by atoms with Crippen LogP contribution in [0.5, 0.6) is 0 Å². The van der Waals surface area contributed by atoms with E-state index in [4.69, 9.17) is 4.74 Å². The normalized spacial score (nSPS) is 19.3. The fourth-order valence-corrected chi connectivity index (χ4v) is 2.57. The van der Waals surface area contributed by atoms with Crippen LogP contribution in [0.15, 0.2) is 0 Å². The number of carbonyl (C=O) groups is 1. The first kappa shape index (κ1) is 18.4. The van der Waals surface area contributed by atoms with Crippen LogP contribution in [0.2, 0.25) is 0 Å². The van der Waals surface area contributed by atoms with Gasteiger partial charge < -0.3 is 9.64 Å². The van der Waals surface area contributed by atoms with Gasteiger partial charge in [0.1, 0.15) is 5.54 Å². The average Bonchev–Trinajstić information content (AvgIpc) is 3.26. The fourth-order valence-electron chi connectivity index (χ4n) is 2.57. The molecule has 0 amide bonds. The molecule has 21 heavy (non-hydrogen) atoms. The quantitative estimate of drug-likeness (QED) is 0.470. The molecule has 0 aromatic carbocycles. The Hall–Kier alpha value is -0.610. The number of unbranched alkanes of at least 4 members (excludes halogenated alkanes) is 1. The number of nitrogens with one attached hydrogen (secondary N) is 1. The van der Waals surface area contributed by atoms with Crippen LogP contribution >= 0.6 is 0 Å². The van der Waals surface area contributed by atoms with Crippen LogP contribution in [0.3, 0.4) is 0 Å². The summed E-state index contributed by atoms with van der Waals surface area (Å²) in [5.74, 6) is -0.0906. The number of nitrogens with zero attached hydrogens (tertiary/aromatic N) is 1. The maximum atomic E-state index is 12.2. The fraction of sp³-hybridized carbons (Fsp3) is 0.941. The predicted molar refractivity (Wildman–Crippen MR) is 87.4 cm³/mol. The Labute approximate surface area is 130 Å². The van der Waals surface area contributed by atoms with Crippen molar-refractivity contribution in [2.24, 2.45) is 0 Å². The summed E-state index contributed by atoms with van der Waals surface area (Å²) in [7, 11) is 2.18. The molecular formula is C17H34N2O2. The molecule has 0 bridgehead atoms. The van der Waals surface area contributed by atoms with Crippen LogP contribution in [0.4, 0.5) is 0 Å². The van der Waals surface area contributed by atoms with Gasteiger partial charge in [0.2, 0.25) is 0 Å². The van der Waals surface area contributed by atoms with Gasteiger partial charge in [0.15, 0.2) is 0 Å². The van der Waals surface area contributed by atoms with Crippen molar-refractivity contribution in [3.8, 4) is 0 Å². The molecular weight excluding hydrogens is 264 g/mol. The molecule has 1 saturated carbocycles. The predicted octanol–water partition coefficient (Wildman–Crippen LogP) is 2.96. The van der Waals surface area contributed by atoms with Crippen molar-refractivity contribution in [3.05, 3.63) is 0 Å². The number of esters is 1. The van der Waals surface area contributed by atoms with Crippen molar-refractivity contribution in [2.75, 3.05) is 20.2 Å². The summed E-state index contributed by atoms with van der Waals surface area (Å²) >= 11 is 0. The molecule has 0 aromatic heterocycles. The Morgan fingerprint density at radius 2 is 2.05 bits per heavy atom. The number of carbonyl (C=O) groups excluding carboxylic acids is 1. The summed E-state index contributed by atoms with van der Waals surface area (Å²) in [6.07, 6.45) is 6.59. The van der Waals surface area contributed by atoms with Crippen LogP contribution in [-0.2, 0) is 9.53 Å². The van der Waals surface area contributed by atoms with E-state index in [0.29, 0.717) is 18.7 Å². The Balaban J connectivity index is 2.37. The zero-order valence-corrected chi connectivity index (χ0v) is 14.6. The molecule has 0 saturated heterocycles. The summed E-state index contributed by atoms with van der Waals surface area (Å²) < 4.78 is 5.26. The molecule has 0 aromatic rings. The van der Waals surface area contributed by atoms with Gasteiger partial charge in [-0.3, -0.25) is 10.1 Å². The Morgan fingerprint density at radius 3 is 2.57 bits per heavy atom. The van der Waals surface area contributed by atoms with Crippen molar-refractivity contribution < 1.29 is 9.53 Å². The number of rotatable bonds is 11. The minimum atomic E-state index is -0.508. The average molecular weight is 298 g/mol. The first-order valence-electron chi connectivity index (χ1n) is 8.58. The highest BCUT2D eigenvalue weighted by Gasteiger charge is 2.39. The standard InChI is InChI=1S/C17H34N2O2/c1-6-14(3)19(5)13-9-8-12-17(4,16(20)21-7-2)18-15-10-11-15/h14-15,18H,6-13H2,1-5H3. The minimum absolute atomic E-state index is 0.0906. The van der Waals surface area contributed by atoms with Crippen molar-refractivity contribution in [1.82, 2.24) is 10.2 Å². The summed E-state index contributed by atoms with van der Waals surface area (Å²) in [6.45, 7) is 9.91. The van der Waals surface area contributed by atoms with Gasteiger partial charge in [0.05, 0.1) is 6.61 Å². The van der Waals surface area contributed by atoms with Crippen molar-refractivity contribution in [2.45, 2.75) is 83.8 Å². The van der Waals surface area contributed by atoms with Crippen molar-refractivity contribution in [1.29, 1.82) is 0 Å². The van der Waals surface area contributed by atoms with Crippen LogP contribution in [0.25, 0.3) is 0 Å². The Kier molecular flexibility index (Phi) is 7.67. The first-order chi connectivity index (χ1) is 9.92. The molecule has 1 aliphatic rings. The third kappa shape index (κ3) is 6.35. The Bertz CT molecular complexity index is 318. The highest BCUT2D eigenvalue weighted by atomic mass is 16.5. The summed E-state index contributed by atoms with van der Waals surface area (Å²) in [5, 5.41) is 3.49. The highest BCUT2D eigenvalue weighted by Crippen LogP contribution is 2.26. The van der Waals surface area contributed by atoms with E-state index in [2.05, 4.69) is 31.1 Å². The molecule has 4 nitrogen and oxygen atoms in total. The third-order valence-corrected chi connectivity index (χ3v) is 4.61. The second kappa shape index (κ2) is 8.74. The van der Waals surface area contributed by atoms with Gasteiger partial charge in [-0.2, -0.15) is 0 Å². The summed E-state index contributed by atoms with van der Waals surface area (Å²) in [5.41, 5.74) is -0.508. The second-order valence-electron chi connectivity index (χ2n) is 6.67. The highest BCUT2D eigenvalue weighted by molar-refractivity contribution is 5.80. The summed E-state index contributed by atoms with van der Waals surface area (Å²) in [6, 6.07) is 1.15. The molecule has 2 unspecified atom stereocenters. The monoisotopic (exact) mass is 298 g/mol. The molecule has 2 atom stereocenters. The van der Waals surface area contributed by atoms with Gasteiger partial charge in [-0.15, -0.1) is 0 Å². The van der Waals surface area contributed by atoms with E-state index in [9.17, 15) is 4.79 Å². The maximum Gasteiger partial charge on any atom is 0.326 e. The minimum Gasteiger partial charge on any atom is -0.465 e. The SMILES string of the molecule is CCOC(=O)C(C)(CCCCN(C)C(C)CC)NC1CC1. The van der Waals surface area contributed by atoms with Crippen molar-refractivity contribution in [3.63, 3.8) is 0 Å². The van der Waals surface area contributed by atoms with E-state index in [0.717, 1.165) is 25.8 Å². The zero-order chi connectivity index (χ0) is 15.9. The van der Waals surface area contributed by atoms with Gasteiger partial charge in [-0.05, 0) is 72.9 Å². The van der Waals surface area contributed by atoms with E-state index in [1.165, 1.54) is 19.3 Å². The molecule has 4 heteroatoms. The molecule has 1 fully saturated rings. The van der Waals surface area contributed by atoms with Gasteiger partial charge in [0, 0.05) is 12.1 Å². The molecule has 0 radical (unpaired) electrons. The van der Waals surface area contributed by atoms with E-state index in [-0.39, 0.29) is 5.97 Å². The number of ether oxygens (including phenoxy) is 1. The van der Waals surface area contributed by atoms with E-state index in [1.807, 2.05) is 13.8 Å². The zero-order valence-electron chi connectivity index (χ0n) is 14.6. The Morgan fingerprint density at radius 1 is 1.38 bits per heavy atom. The van der Waals surface area contributed by atoms with Gasteiger partial charge in [-0.1, -0.05) is 6.92 Å². The lowest BCUT2D eigenvalue weighted by molar-refractivity contribution is -0.151. The second-order valence-corrected chi connectivity index (χ2v) is 6.67. The van der Waals surface area contributed by atoms with Crippen LogP contribution in [0, 0.1) is 0 Å². The van der Waals surface area contributed by atoms with Crippen LogP contribution < -0.4 is 5.32 Å². The van der Waals surface area contributed by atoms with Crippen LogP contribution in [-0.4, -0.2) is 48.7 Å². The van der Waals surface area contributed by atoms with E-state index < -0.39 is 5.54 Å². The molecule has 0 heterocycles. The molecule has 0 spiro atoms. The molecule has 1 rings (SSSR count). The van der Waals surface area contributed by atoms with Gasteiger partial charge in [-0.25, -0.2) is 0 Å². The lowest BCUT2D eigenvalue weighted by Gasteiger charge is -2.29. The maximum absolute atomic E-state index is 12.2. The largest absolute Gasteiger partial charge is 0.465 e. The smallest absolute Gasteiger partial charge is 0.326 e. The van der Waals surface area contributed by atoms with E-state index >= 15 is 0 Å². The topological polar surface area (TPSA) is 41.6 Å². The third-order valence-electron chi connectivity index (χ3n) is 4.61. The van der Waals surface area contributed by atoms with E-state index in [1.54, 1.807) is 0 Å². The summed E-state index contributed by atoms with van der Waals surface area (Å²) in [4.78, 5) is 14.6. The van der Waals surface area contributed by atoms with Crippen molar-refractivity contribution >= 4 is 5.97 Å². The molecule has 1 N–H and O–H groups in total. The number of hydrogen-bond acceptors (Lipinski definition) is 4. The first-order valence-corrected chi connectivity index (χ1v) is 8.58. The van der Waals surface area contributed by atoms with Gasteiger partial charge in [0.25, 0.3) is 0 Å². The molecule has 0 aliphatic heterocycles. The van der Waals surface area contributed by atoms with Gasteiger partial charge >= 0.3 is 5.97 Å². The molecule has 124 valence electrons.